The lowest BCUT2D eigenvalue weighted by Crippen LogP contribution is -2.16. The molecular weight excluding hydrogens is 238 g/mol. The van der Waals surface area contributed by atoms with E-state index >= 15 is 0 Å². The van der Waals surface area contributed by atoms with Crippen molar-refractivity contribution in [1.82, 2.24) is 9.27 Å². The van der Waals surface area contributed by atoms with Gasteiger partial charge in [0.15, 0.2) is 5.82 Å². The molecule has 1 rings (SSSR count). The van der Waals surface area contributed by atoms with Gasteiger partial charge in [0.1, 0.15) is 10.6 Å². The normalized spacial score (nSPS) is 10.8. The molecule has 0 aliphatic heterocycles. The lowest BCUT2D eigenvalue weighted by atomic mass is 10.2. The summed E-state index contributed by atoms with van der Waals surface area (Å²) in [5, 5.41) is 3.81. The van der Waals surface area contributed by atoms with Gasteiger partial charge in [-0.15, -0.1) is 0 Å². The van der Waals surface area contributed by atoms with E-state index in [9.17, 15) is 4.79 Å². The molecular formula is C10H19N5OS. The van der Waals surface area contributed by atoms with Crippen LogP contribution in [-0.2, 0) is 0 Å². The van der Waals surface area contributed by atoms with E-state index in [-0.39, 0.29) is 5.82 Å². The second-order valence-corrected chi connectivity index (χ2v) is 4.85. The van der Waals surface area contributed by atoms with E-state index in [0.717, 1.165) is 25.9 Å². The van der Waals surface area contributed by atoms with Crippen LogP contribution < -0.4 is 16.8 Å². The van der Waals surface area contributed by atoms with Crippen molar-refractivity contribution in [3.8, 4) is 0 Å². The average molecular weight is 257 g/mol. The minimum atomic E-state index is -0.535. The van der Waals surface area contributed by atoms with Crippen LogP contribution in [0.2, 0.25) is 0 Å². The third kappa shape index (κ3) is 4.20. The van der Waals surface area contributed by atoms with Crippen molar-refractivity contribution in [2.75, 3.05) is 38.2 Å². The third-order valence-electron chi connectivity index (χ3n) is 2.28. The van der Waals surface area contributed by atoms with Gasteiger partial charge in [0.25, 0.3) is 5.91 Å². The first-order chi connectivity index (χ1) is 8.02. The fraction of sp³-hybridized carbons (Fsp3) is 0.600. The Balaban J connectivity index is 2.39. The van der Waals surface area contributed by atoms with Crippen molar-refractivity contribution < 1.29 is 4.79 Å². The van der Waals surface area contributed by atoms with Gasteiger partial charge in [-0.2, -0.15) is 4.37 Å². The molecule has 0 spiro atoms. The maximum Gasteiger partial charge on any atom is 0.255 e. The third-order valence-corrected chi connectivity index (χ3v) is 3.10. The van der Waals surface area contributed by atoms with Crippen LogP contribution in [0.4, 0.5) is 10.8 Å². The Morgan fingerprint density at radius 2 is 2.18 bits per heavy atom. The lowest BCUT2D eigenvalue weighted by molar-refractivity contribution is 0.100. The number of amides is 1. The van der Waals surface area contributed by atoms with Crippen LogP contribution in [0.25, 0.3) is 0 Å². The molecule has 0 atom stereocenters. The number of hydrogen-bond donors (Lipinski definition) is 3. The van der Waals surface area contributed by atoms with E-state index in [1.807, 2.05) is 14.1 Å². The van der Waals surface area contributed by atoms with Crippen LogP contribution in [0.1, 0.15) is 23.2 Å². The SMILES string of the molecule is CN(C)CCCCNc1snc(N)c1C(N)=O. The molecule has 1 aromatic heterocycles. The van der Waals surface area contributed by atoms with Gasteiger partial charge in [-0.3, -0.25) is 4.79 Å². The predicted molar refractivity (Wildman–Crippen MR) is 71.3 cm³/mol. The zero-order chi connectivity index (χ0) is 12.8. The Kier molecular flexibility index (Phi) is 5.17. The summed E-state index contributed by atoms with van der Waals surface area (Å²) in [4.78, 5) is 13.3. The zero-order valence-electron chi connectivity index (χ0n) is 10.2. The average Bonchev–Trinajstić information content (AvgIpc) is 2.59. The molecule has 0 bridgehead atoms. The summed E-state index contributed by atoms with van der Waals surface area (Å²) in [6.07, 6.45) is 2.12. The molecule has 0 aromatic carbocycles. The lowest BCUT2D eigenvalue weighted by Gasteiger charge is -2.09. The molecule has 0 saturated heterocycles. The molecule has 6 nitrogen and oxygen atoms in total. The number of nitrogens with zero attached hydrogens (tertiary/aromatic N) is 2. The van der Waals surface area contributed by atoms with E-state index in [4.69, 9.17) is 11.5 Å². The minimum absolute atomic E-state index is 0.207. The molecule has 1 aromatic rings. The van der Waals surface area contributed by atoms with Gasteiger partial charge in [0.05, 0.1) is 0 Å². The summed E-state index contributed by atoms with van der Waals surface area (Å²) >= 11 is 1.17. The summed E-state index contributed by atoms with van der Waals surface area (Å²) in [6, 6.07) is 0. The van der Waals surface area contributed by atoms with E-state index in [2.05, 4.69) is 14.6 Å². The van der Waals surface area contributed by atoms with Gasteiger partial charge >= 0.3 is 0 Å². The highest BCUT2D eigenvalue weighted by Gasteiger charge is 2.15. The molecule has 5 N–H and O–H groups in total. The van der Waals surface area contributed by atoms with Crippen LogP contribution in [-0.4, -0.2) is 42.4 Å². The molecule has 0 aliphatic rings. The summed E-state index contributed by atoms with van der Waals surface area (Å²) < 4.78 is 3.91. The predicted octanol–water partition coefficient (Wildman–Crippen LogP) is 0.578. The van der Waals surface area contributed by atoms with Gasteiger partial charge in [0.2, 0.25) is 0 Å². The number of aromatic nitrogens is 1. The van der Waals surface area contributed by atoms with Gasteiger partial charge in [-0.1, -0.05) is 0 Å². The molecule has 17 heavy (non-hydrogen) atoms. The fourth-order valence-corrected chi connectivity index (χ4v) is 2.16. The number of anilines is 2. The zero-order valence-corrected chi connectivity index (χ0v) is 11.0. The van der Waals surface area contributed by atoms with Crippen molar-refractivity contribution in [3.05, 3.63) is 5.56 Å². The van der Waals surface area contributed by atoms with Gasteiger partial charge in [0, 0.05) is 6.54 Å². The van der Waals surface area contributed by atoms with Gasteiger partial charge in [-0.25, -0.2) is 0 Å². The van der Waals surface area contributed by atoms with Crippen molar-refractivity contribution >= 4 is 28.3 Å². The number of carbonyl (C=O) groups is 1. The van der Waals surface area contributed by atoms with Crippen molar-refractivity contribution in [2.24, 2.45) is 5.73 Å². The van der Waals surface area contributed by atoms with Crippen molar-refractivity contribution in [1.29, 1.82) is 0 Å². The molecule has 0 fully saturated rings. The van der Waals surface area contributed by atoms with Crippen LogP contribution in [0, 0.1) is 0 Å². The standard InChI is InChI=1S/C10H19N5OS/c1-15(2)6-4-3-5-13-10-7(9(12)16)8(11)14-17-10/h13H,3-6H2,1-2H3,(H2,11,14)(H2,12,16). The number of nitrogens with two attached hydrogens (primary N) is 2. The molecule has 96 valence electrons. The van der Waals surface area contributed by atoms with E-state index in [0.29, 0.717) is 10.6 Å². The first kappa shape index (κ1) is 13.7. The minimum Gasteiger partial charge on any atom is -0.382 e. The summed E-state index contributed by atoms with van der Waals surface area (Å²) in [7, 11) is 4.09. The second-order valence-electron chi connectivity index (χ2n) is 4.07. The van der Waals surface area contributed by atoms with E-state index in [1.54, 1.807) is 0 Å². The summed E-state index contributed by atoms with van der Waals surface area (Å²) in [6.45, 7) is 1.84. The Morgan fingerprint density at radius 3 is 2.76 bits per heavy atom. The molecule has 7 heteroatoms. The molecule has 0 radical (unpaired) electrons. The number of nitrogen functional groups attached to an aromatic ring is 1. The smallest absolute Gasteiger partial charge is 0.255 e. The Morgan fingerprint density at radius 1 is 1.47 bits per heavy atom. The van der Waals surface area contributed by atoms with Crippen LogP contribution in [0.3, 0.4) is 0 Å². The van der Waals surface area contributed by atoms with E-state index in [1.165, 1.54) is 11.5 Å². The molecule has 1 amide bonds. The summed E-state index contributed by atoms with van der Waals surface area (Å²) in [5.41, 5.74) is 11.1. The molecule has 0 saturated carbocycles. The van der Waals surface area contributed by atoms with Crippen LogP contribution in [0.5, 0.6) is 0 Å². The second kappa shape index (κ2) is 6.41. The quantitative estimate of drug-likeness (QED) is 0.621. The highest BCUT2D eigenvalue weighted by Crippen LogP contribution is 2.25. The number of primary amides is 1. The Labute approximate surface area is 105 Å². The maximum atomic E-state index is 11.1. The Hall–Kier alpha value is -1.34. The fourth-order valence-electron chi connectivity index (χ4n) is 1.42. The van der Waals surface area contributed by atoms with Gasteiger partial charge in [-0.05, 0) is 45.0 Å². The van der Waals surface area contributed by atoms with Gasteiger partial charge < -0.3 is 21.7 Å². The number of rotatable bonds is 7. The monoisotopic (exact) mass is 257 g/mol. The maximum absolute atomic E-state index is 11.1. The molecule has 1 heterocycles. The van der Waals surface area contributed by atoms with Crippen molar-refractivity contribution in [3.63, 3.8) is 0 Å². The Bertz CT molecular complexity index is 377. The molecule has 0 unspecified atom stereocenters. The largest absolute Gasteiger partial charge is 0.382 e. The first-order valence-corrected chi connectivity index (χ1v) is 6.23. The highest BCUT2D eigenvalue weighted by atomic mass is 32.1. The van der Waals surface area contributed by atoms with Crippen LogP contribution in [0.15, 0.2) is 0 Å². The van der Waals surface area contributed by atoms with Crippen LogP contribution >= 0.6 is 11.5 Å². The number of hydrogen-bond acceptors (Lipinski definition) is 6. The highest BCUT2D eigenvalue weighted by molar-refractivity contribution is 7.11. The molecule has 0 aliphatic carbocycles. The van der Waals surface area contributed by atoms with E-state index < -0.39 is 5.91 Å². The number of unbranched alkanes of at least 4 members (excludes halogenated alkanes) is 1. The number of nitrogens with one attached hydrogen (secondary N) is 1. The first-order valence-electron chi connectivity index (χ1n) is 5.46. The number of carbonyl (C=O) groups excluding carboxylic acids is 1. The topological polar surface area (TPSA) is 97.3 Å². The van der Waals surface area contributed by atoms with Crippen molar-refractivity contribution in [2.45, 2.75) is 12.8 Å². The summed E-state index contributed by atoms with van der Waals surface area (Å²) in [5.74, 6) is -0.328.